The summed E-state index contributed by atoms with van der Waals surface area (Å²) >= 11 is 11.5. The van der Waals surface area contributed by atoms with Crippen LogP contribution in [-0.2, 0) is 4.79 Å². The lowest BCUT2D eigenvalue weighted by Crippen LogP contribution is -2.10. The van der Waals surface area contributed by atoms with Crippen molar-refractivity contribution in [1.29, 1.82) is 0 Å². The van der Waals surface area contributed by atoms with Gasteiger partial charge in [-0.05, 0) is 24.1 Å². The van der Waals surface area contributed by atoms with Crippen LogP contribution in [0.2, 0.25) is 10.0 Å². The van der Waals surface area contributed by atoms with Gasteiger partial charge in [-0.3, -0.25) is 4.79 Å². The summed E-state index contributed by atoms with van der Waals surface area (Å²) < 4.78 is 0. The summed E-state index contributed by atoms with van der Waals surface area (Å²) in [6, 6.07) is 4.91. The van der Waals surface area contributed by atoms with Crippen molar-refractivity contribution < 1.29 is 9.90 Å². The normalized spacial score (nSPS) is 12.5. The molecule has 0 radical (unpaired) electrons. The Hall–Kier alpha value is -0.730. The molecular formula is C10H10Cl2O2. The van der Waals surface area contributed by atoms with Crippen LogP contribution < -0.4 is 0 Å². The second-order valence-corrected chi connectivity index (χ2v) is 3.79. The fourth-order valence-corrected chi connectivity index (χ4v) is 1.59. The third-order valence-corrected chi connectivity index (χ3v) is 2.79. The summed E-state index contributed by atoms with van der Waals surface area (Å²) in [6.07, 6.45) is 0.535. The highest BCUT2D eigenvalue weighted by molar-refractivity contribution is 6.42. The first kappa shape index (κ1) is 11.3. The molecule has 1 aromatic rings. The molecule has 2 nitrogen and oxygen atoms in total. The molecule has 0 bridgehead atoms. The van der Waals surface area contributed by atoms with E-state index in [0.717, 1.165) is 0 Å². The van der Waals surface area contributed by atoms with Gasteiger partial charge in [-0.1, -0.05) is 36.2 Å². The first-order valence-corrected chi connectivity index (χ1v) is 4.99. The molecule has 0 spiro atoms. The van der Waals surface area contributed by atoms with E-state index in [1.54, 1.807) is 18.2 Å². The zero-order chi connectivity index (χ0) is 10.7. The average molecular weight is 233 g/mol. The van der Waals surface area contributed by atoms with E-state index in [4.69, 9.17) is 28.3 Å². The molecule has 0 amide bonds. The number of benzene rings is 1. The van der Waals surface area contributed by atoms with Crippen molar-refractivity contribution in [1.82, 2.24) is 0 Å². The summed E-state index contributed by atoms with van der Waals surface area (Å²) in [6.45, 7) is 1.82. The number of carbonyl (C=O) groups is 1. The molecule has 0 aromatic heterocycles. The Bertz CT molecular complexity index is 350. The van der Waals surface area contributed by atoms with Crippen molar-refractivity contribution in [2.45, 2.75) is 19.3 Å². The Morgan fingerprint density at radius 3 is 2.50 bits per heavy atom. The van der Waals surface area contributed by atoms with E-state index >= 15 is 0 Å². The van der Waals surface area contributed by atoms with E-state index in [1.165, 1.54) is 0 Å². The SMILES string of the molecule is CCC(C(=O)O)c1ccc(Cl)c(Cl)c1. The number of rotatable bonds is 3. The third kappa shape index (κ3) is 2.40. The van der Waals surface area contributed by atoms with Crippen LogP contribution in [0.25, 0.3) is 0 Å². The number of halogens is 2. The zero-order valence-electron chi connectivity index (χ0n) is 7.63. The molecule has 0 fully saturated rings. The van der Waals surface area contributed by atoms with Crippen molar-refractivity contribution in [3.8, 4) is 0 Å². The highest BCUT2D eigenvalue weighted by Gasteiger charge is 2.17. The van der Waals surface area contributed by atoms with E-state index in [1.807, 2.05) is 6.92 Å². The summed E-state index contributed by atoms with van der Waals surface area (Å²) in [5, 5.41) is 9.74. The van der Waals surface area contributed by atoms with Gasteiger partial charge >= 0.3 is 5.97 Å². The third-order valence-electron chi connectivity index (χ3n) is 2.05. The fourth-order valence-electron chi connectivity index (χ4n) is 1.28. The molecule has 0 aliphatic heterocycles. The molecule has 1 rings (SSSR count). The molecule has 76 valence electrons. The predicted octanol–water partition coefficient (Wildman–Crippen LogP) is 3.57. The Morgan fingerprint density at radius 2 is 2.07 bits per heavy atom. The maximum absolute atomic E-state index is 10.9. The van der Waals surface area contributed by atoms with E-state index in [2.05, 4.69) is 0 Å². The summed E-state index contributed by atoms with van der Waals surface area (Å²) in [5.41, 5.74) is 0.689. The number of hydrogen-bond donors (Lipinski definition) is 1. The second-order valence-electron chi connectivity index (χ2n) is 2.97. The van der Waals surface area contributed by atoms with Crippen LogP contribution in [0.15, 0.2) is 18.2 Å². The van der Waals surface area contributed by atoms with Gasteiger partial charge in [0.1, 0.15) is 0 Å². The van der Waals surface area contributed by atoms with E-state index in [0.29, 0.717) is 22.0 Å². The van der Waals surface area contributed by atoms with Gasteiger partial charge in [-0.15, -0.1) is 0 Å². The lowest BCUT2D eigenvalue weighted by Gasteiger charge is -2.10. The van der Waals surface area contributed by atoms with Crippen molar-refractivity contribution in [2.24, 2.45) is 0 Å². The van der Waals surface area contributed by atoms with Gasteiger partial charge in [0, 0.05) is 0 Å². The molecule has 1 aromatic carbocycles. The molecule has 1 atom stereocenters. The Balaban J connectivity index is 3.06. The molecule has 4 heteroatoms. The number of carboxylic acid groups (broad SMARTS) is 1. The van der Waals surface area contributed by atoms with Crippen LogP contribution in [0.5, 0.6) is 0 Å². The maximum Gasteiger partial charge on any atom is 0.310 e. The van der Waals surface area contributed by atoms with Crippen molar-refractivity contribution in [3.63, 3.8) is 0 Å². The molecular weight excluding hydrogens is 223 g/mol. The molecule has 1 unspecified atom stereocenters. The lowest BCUT2D eigenvalue weighted by molar-refractivity contribution is -0.138. The van der Waals surface area contributed by atoms with E-state index in [-0.39, 0.29) is 0 Å². The van der Waals surface area contributed by atoms with Crippen molar-refractivity contribution >= 4 is 29.2 Å². The first-order valence-electron chi connectivity index (χ1n) is 4.24. The zero-order valence-corrected chi connectivity index (χ0v) is 9.14. The van der Waals surface area contributed by atoms with Crippen molar-refractivity contribution in [2.75, 3.05) is 0 Å². The van der Waals surface area contributed by atoms with Crippen LogP contribution in [-0.4, -0.2) is 11.1 Å². The summed E-state index contributed by atoms with van der Waals surface area (Å²) in [7, 11) is 0. The van der Waals surface area contributed by atoms with E-state index in [9.17, 15) is 4.79 Å². The lowest BCUT2D eigenvalue weighted by atomic mass is 9.97. The highest BCUT2D eigenvalue weighted by Crippen LogP contribution is 2.28. The van der Waals surface area contributed by atoms with Crippen LogP contribution >= 0.6 is 23.2 Å². The minimum Gasteiger partial charge on any atom is -0.481 e. The topological polar surface area (TPSA) is 37.3 Å². The smallest absolute Gasteiger partial charge is 0.310 e. The monoisotopic (exact) mass is 232 g/mol. The standard InChI is InChI=1S/C10H10Cl2O2/c1-2-7(10(13)14)6-3-4-8(11)9(12)5-6/h3-5,7H,2H2,1H3,(H,13,14). The minimum atomic E-state index is -0.842. The largest absolute Gasteiger partial charge is 0.481 e. The van der Waals surface area contributed by atoms with Gasteiger partial charge in [0.2, 0.25) is 0 Å². The molecule has 0 saturated heterocycles. The molecule has 1 N–H and O–H groups in total. The number of carboxylic acids is 1. The minimum absolute atomic E-state index is 0.392. The van der Waals surface area contributed by atoms with Crippen LogP contribution in [0, 0.1) is 0 Å². The van der Waals surface area contributed by atoms with Gasteiger partial charge in [0.05, 0.1) is 16.0 Å². The molecule has 0 heterocycles. The maximum atomic E-state index is 10.9. The molecule has 14 heavy (non-hydrogen) atoms. The average Bonchev–Trinajstić information content (AvgIpc) is 2.11. The van der Waals surface area contributed by atoms with Crippen LogP contribution in [0.1, 0.15) is 24.8 Å². The number of hydrogen-bond acceptors (Lipinski definition) is 1. The van der Waals surface area contributed by atoms with Gasteiger partial charge in [-0.25, -0.2) is 0 Å². The highest BCUT2D eigenvalue weighted by atomic mass is 35.5. The molecule has 0 aliphatic rings. The Kier molecular flexibility index (Phi) is 3.78. The second kappa shape index (κ2) is 4.67. The van der Waals surface area contributed by atoms with Gasteiger partial charge < -0.3 is 5.11 Å². The van der Waals surface area contributed by atoms with E-state index < -0.39 is 11.9 Å². The van der Waals surface area contributed by atoms with Gasteiger partial charge in [0.15, 0.2) is 0 Å². The summed E-state index contributed by atoms with van der Waals surface area (Å²) in [5.74, 6) is -1.35. The van der Waals surface area contributed by atoms with Crippen molar-refractivity contribution in [3.05, 3.63) is 33.8 Å². The van der Waals surface area contributed by atoms with Gasteiger partial charge in [-0.2, -0.15) is 0 Å². The quantitative estimate of drug-likeness (QED) is 0.866. The van der Waals surface area contributed by atoms with Crippen LogP contribution in [0.3, 0.4) is 0 Å². The first-order chi connectivity index (χ1) is 6.56. The van der Waals surface area contributed by atoms with Crippen LogP contribution in [0.4, 0.5) is 0 Å². The van der Waals surface area contributed by atoms with Gasteiger partial charge in [0.25, 0.3) is 0 Å². The number of aliphatic carboxylic acids is 1. The Morgan fingerprint density at radius 1 is 1.43 bits per heavy atom. The fraction of sp³-hybridized carbons (Fsp3) is 0.300. The predicted molar refractivity (Wildman–Crippen MR) is 57.1 cm³/mol. The summed E-state index contributed by atoms with van der Waals surface area (Å²) in [4.78, 5) is 10.9. The molecule has 0 saturated carbocycles. The molecule has 0 aliphatic carbocycles. The Labute approximate surface area is 92.5 Å².